The molecule has 0 amide bonds. The Bertz CT molecular complexity index is 286. The van der Waals surface area contributed by atoms with Crippen LogP contribution in [0.25, 0.3) is 0 Å². The topological polar surface area (TPSA) is 12.0 Å². The number of halogens is 2. The molecule has 1 aromatic carbocycles. The van der Waals surface area contributed by atoms with Gasteiger partial charge in [-0.25, -0.2) is 0 Å². The molecule has 0 saturated heterocycles. The summed E-state index contributed by atoms with van der Waals surface area (Å²) in [4.78, 5) is 0. The van der Waals surface area contributed by atoms with Crippen LogP contribution in [0.5, 0.6) is 0 Å². The normalized spacial score (nSPS) is 10.8. The van der Waals surface area contributed by atoms with Gasteiger partial charge in [0.15, 0.2) is 0 Å². The Hall–Kier alpha value is 0.390. The molecule has 1 rings (SSSR count). The number of rotatable bonds is 3. The third-order valence-corrected chi connectivity index (χ3v) is 3.15. The molecule has 13 heavy (non-hydrogen) atoms. The summed E-state index contributed by atoms with van der Waals surface area (Å²) in [6.07, 6.45) is 0. The molecular formula is C10H13BrIN. The molecule has 0 bridgehead atoms. The van der Waals surface area contributed by atoms with E-state index in [1.54, 1.807) is 0 Å². The van der Waals surface area contributed by atoms with E-state index < -0.39 is 0 Å². The highest BCUT2D eigenvalue weighted by molar-refractivity contribution is 14.1. The van der Waals surface area contributed by atoms with Crippen molar-refractivity contribution in [3.8, 4) is 0 Å². The smallest absolute Gasteiger partial charge is 0.0220 e. The largest absolute Gasteiger partial charge is 0.310 e. The van der Waals surface area contributed by atoms with Crippen LogP contribution in [0, 0.1) is 3.57 Å². The average molecular weight is 354 g/mol. The fraction of sp³-hybridized carbons (Fsp3) is 0.400. The lowest BCUT2D eigenvalue weighted by Gasteiger charge is -2.09. The summed E-state index contributed by atoms with van der Waals surface area (Å²) in [6, 6.07) is 6.92. The number of hydrogen-bond donors (Lipinski definition) is 1. The maximum atomic E-state index is 3.54. The maximum absolute atomic E-state index is 3.54. The first-order valence-electron chi connectivity index (χ1n) is 4.27. The zero-order valence-electron chi connectivity index (χ0n) is 7.77. The van der Waals surface area contributed by atoms with Gasteiger partial charge < -0.3 is 5.32 Å². The van der Waals surface area contributed by atoms with Crippen LogP contribution in [-0.4, -0.2) is 6.04 Å². The van der Waals surface area contributed by atoms with E-state index in [0.717, 1.165) is 6.54 Å². The standard InChI is InChI=1S/C10H13BrIN/c1-7(2)13-6-8-5-9(12)3-4-10(8)11/h3-5,7,13H,6H2,1-2H3. The minimum Gasteiger partial charge on any atom is -0.310 e. The molecule has 0 fully saturated rings. The molecule has 0 spiro atoms. The number of nitrogens with one attached hydrogen (secondary N) is 1. The van der Waals surface area contributed by atoms with Gasteiger partial charge in [0.2, 0.25) is 0 Å². The molecule has 0 heterocycles. The highest BCUT2D eigenvalue weighted by Crippen LogP contribution is 2.19. The summed E-state index contributed by atoms with van der Waals surface area (Å²) in [6.45, 7) is 5.23. The van der Waals surface area contributed by atoms with Crippen LogP contribution in [0.3, 0.4) is 0 Å². The molecule has 1 nitrogen and oxygen atoms in total. The fourth-order valence-electron chi connectivity index (χ4n) is 0.993. The van der Waals surface area contributed by atoms with Crippen molar-refractivity contribution in [3.63, 3.8) is 0 Å². The second kappa shape index (κ2) is 5.32. The van der Waals surface area contributed by atoms with Gasteiger partial charge in [-0.15, -0.1) is 0 Å². The predicted octanol–water partition coefficient (Wildman–Crippen LogP) is 3.55. The van der Waals surface area contributed by atoms with Crippen molar-refractivity contribution in [2.45, 2.75) is 26.4 Å². The molecule has 0 aliphatic carbocycles. The van der Waals surface area contributed by atoms with Gasteiger partial charge in [0.1, 0.15) is 0 Å². The summed E-state index contributed by atoms with van der Waals surface area (Å²) in [5, 5.41) is 3.40. The molecule has 0 unspecified atom stereocenters. The van der Waals surface area contributed by atoms with E-state index in [2.05, 4.69) is 75.9 Å². The molecule has 0 aliphatic rings. The minimum absolute atomic E-state index is 0.532. The molecule has 1 aromatic rings. The van der Waals surface area contributed by atoms with Crippen molar-refractivity contribution in [2.24, 2.45) is 0 Å². The van der Waals surface area contributed by atoms with Crippen molar-refractivity contribution < 1.29 is 0 Å². The molecule has 3 heteroatoms. The quantitative estimate of drug-likeness (QED) is 0.819. The van der Waals surface area contributed by atoms with Crippen LogP contribution in [0.15, 0.2) is 22.7 Å². The summed E-state index contributed by atoms with van der Waals surface area (Å²) in [5.41, 5.74) is 1.32. The summed E-state index contributed by atoms with van der Waals surface area (Å²) >= 11 is 5.87. The molecule has 0 atom stereocenters. The van der Waals surface area contributed by atoms with Gasteiger partial charge >= 0.3 is 0 Å². The SMILES string of the molecule is CC(C)NCc1cc(I)ccc1Br. The molecule has 0 aromatic heterocycles. The van der Waals surface area contributed by atoms with Gasteiger partial charge in [0.25, 0.3) is 0 Å². The minimum atomic E-state index is 0.532. The van der Waals surface area contributed by atoms with E-state index in [1.165, 1.54) is 13.6 Å². The molecule has 0 radical (unpaired) electrons. The summed E-state index contributed by atoms with van der Waals surface area (Å²) in [7, 11) is 0. The first-order chi connectivity index (χ1) is 6.09. The van der Waals surface area contributed by atoms with E-state index in [9.17, 15) is 0 Å². The Morgan fingerprint density at radius 2 is 2.15 bits per heavy atom. The second-order valence-electron chi connectivity index (χ2n) is 3.27. The zero-order valence-corrected chi connectivity index (χ0v) is 11.5. The van der Waals surface area contributed by atoms with Gasteiger partial charge in [-0.3, -0.25) is 0 Å². The highest BCUT2D eigenvalue weighted by Gasteiger charge is 2.00. The Kier molecular flexibility index (Phi) is 4.69. The van der Waals surface area contributed by atoms with Crippen LogP contribution in [0.1, 0.15) is 19.4 Å². The first kappa shape index (κ1) is 11.5. The van der Waals surface area contributed by atoms with Gasteiger partial charge in [0.05, 0.1) is 0 Å². The first-order valence-corrected chi connectivity index (χ1v) is 6.14. The van der Waals surface area contributed by atoms with Crippen LogP contribution in [-0.2, 0) is 6.54 Å². The Morgan fingerprint density at radius 1 is 1.46 bits per heavy atom. The summed E-state index contributed by atoms with van der Waals surface area (Å²) < 4.78 is 2.46. The van der Waals surface area contributed by atoms with Crippen LogP contribution in [0.4, 0.5) is 0 Å². The molecule has 0 saturated carbocycles. The Balaban J connectivity index is 2.70. The Morgan fingerprint density at radius 3 is 2.77 bits per heavy atom. The third-order valence-electron chi connectivity index (χ3n) is 1.71. The van der Waals surface area contributed by atoms with Crippen LogP contribution >= 0.6 is 38.5 Å². The average Bonchev–Trinajstić information content (AvgIpc) is 2.06. The predicted molar refractivity (Wildman–Crippen MR) is 68.8 cm³/mol. The highest BCUT2D eigenvalue weighted by atomic mass is 127. The Labute approximate surface area is 102 Å². The van der Waals surface area contributed by atoms with Crippen molar-refractivity contribution in [3.05, 3.63) is 31.8 Å². The van der Waals surface area contributed by atoms with Gasteiger partial charge in [0, 0.05) is 20.6 Å². The van der Waals surface area contributed by atoms with Gasteiger partial charge in [-0.2, -0.15) is 0 Å². The monoisotopic (exact) mass is 353 g/mol. The van der Waals surface area contributed by atoms with E-state index >= 15 is 0 Å². The van der Waals surface area contributed by atoms with Crippen molar-refractivity contribution in [2.75, 3.05) is 0 Å². The second-order valence-corrected chi connectivity index (χ2v) is 5.37. The molecule has 0 aliphatic heterocycles. The van der Waals surface area contributed by atoms with E-state index in [4.69, 9.17) is 0 Å². The van der Waals surface area contributed by atoms with Crippen LogP contribution < -0.4 is 5.32 Å². The van der Waals surface area contributed by atoms with Gasteiger partial charge in [-0.1, -0.05) is 29.8 Å². The van der Waals surface area contributed by atoms with E-state index in [-0.39, 0.29) is 0 Å². The third kappa shape index (κ3) is 3.95. The maximum Gasteiger partial charge on any atom is 0.0220 e. The van der Waals surface area contributed by atoms with Gasteiger partial charge in [-0.05, 0) is 46.4 Å². The lowest BCUT2D eigenvalue weighted by atomic mass is 10.2. The lowest BCUT2D eigenvalue weighted by Crippen LogP contribution is -2.22. The summed E-state index contributed by atoms with van der Waals surface area (Å²) in [5.74, 6) is 0. The lowest BCUT2D eigenvalue weighted by molar-refractivity contribution is 0.587. The molecule has 72 valence electrons. The van der Waals surface area contributed by atoms with E-state index in [0.29, 0.717) is 6.04 Å². The number of hydrogen-bond acceptors (Lipinski definition) is 1. The van der Waals surface area contributed by atoms with Crippen LogP contribution in [0.2, 0.25) is 0 Å². The van der Waals surface area contributed by atoms with Crippen molar-refractivity contribution in [1.29, 1.82) is 0 Å². The molecular weight excluding hydrogens is 341 g/mol. The van der Waals surface area contributed by atoms with Crippen molar-refractivity contribution in [1.82, 2.24) is 5.32 Å². The number of benzene rings is 1. The van der Waals surface area contributed by atoms with E-state index in [1.807, 2.05) is 0 Å². The zero-order chi connectivity index (χ0) is 9.84. The van der Waals surface area contributed by atoms with Crippen molar-refractivity contribution >= 4 is 38.5 Å². The molecule has 1 N–H and O–H groups in total. The fourth-order valence-corrected chi connectivity index (χ4v) is 1.94.